The molecule has 0 atom stereocenters. The molecule has 2 aliphatic heterocycles. The summed E-state index contributed by atoms with van der Waals surface area (Å²) >= 11 is 1.54. The lowest BCUT2D eigenvalue weighted by molar-refractivity contribution is -0.908. The van der Waals surface area contributed by atoms with Gasteiger partial charge in [0.15, 0.2) is 0 Å². The summed E-state index contributed by atoms with van der Waals surface area (Å²) < 4.78 is 7.15. The number of rotatable bonds is 3. The van der Waals surface area contributed by atoms with Gasteiger partial charge in [-0.1, -0.05) is 0 Å². The zero-order valence-electron chi connectivity index (χ0n) is 17.4. The first-order chi connectivity index (χ1) is 13.8. The van der Waals surface area contributed by atoms with Gasteiger partial charge in [0, 0.05) is 17.0 Å². The van der Waals surface area contributed by atoms with Crippen molar-refractivity contribution in [2.45, 2.75) is 45.8 Å². The van der Waals surface area contributed by atoms with E-state index in [1.807, 2.05) is 25.7 Å². The highest BCUT2D eigenvalue weighted by Crippen LogP contribution is 2.32. The fourth-order valence-electron chi connectivity index (χ4n) is 3.94. The molecule has 8 nitrogen and oxygen atoms in total. The van der Waals surface area contributed by atoms with Crippen LogP contribution >= 0.6 is 11.3 Å². The fourth-order valence-corrected chi connectivity index (χ4v) is 5.13. The third-order valence-electron chi connectivity index (χ3n) is 5.50. The zero-order chi connectivity index (χ0) is 20.6. The predicted octanol–water partition coefficient (Wildman–Crippen LogP) is 0.239. The summed E-state index contributed by atoms with van der Waals surface area (Å²) in [5.74, 6) is 0. The van der Waals surface area contributed by atoms with Crippen LogP contribution in [0.4, 0.5) is 4.79 Å². The van der Waals surface area contributed by atoms with Gasteiger partial charge in [0.1, 0.15) is 17.9 Å². The van der Waals surface area contributed by atoms with Crippen LogP contribution in [0.2, 0.25) is 0 Å². The van der Waals surface area contributed by atoms with Crippen molar-refractivity contribution in [2.75, 3.05) is 39.4 Å². The average Bonchev–Trinajstić information content (AvgIpc) is 3.05. The van der Waals surface area contributed by atoms with Crippen molar-refractivity contribution in [2.24, 2.45) is 0 Å². The first-order valence-electron chi connectivity index (χ1n) is 10.3. The molecule has 2 aromatic rings. The van der Waals surface area contributed by atoms with Crippen LogP contribution in [0.1, 0.15) is 31.2 Å². The molecule has 4 heterocycles. The van der Waals surface area contributed by atoms with Crippen LogP contribution in [0.15, 0.2) is 11.1 Å². The molecule has 1 saturated heterocycles. The number of ether oxygens (including phenoxy) is 1. The Morgan fingerprint density at radius 3 is 2.83 bits per heavy atom. The van der Waals surface area contributed by atoms with Crippen molar-refractivity contribution in [3.63, 3.8) is 0 Å². The van der Waals surface area contributed by atoms with Gasteiger partial charge >= 0.3 is 6.03 Å². The van der Waals surface area contributed by atoms with Gasteiger partial charge in [0.05, 0.1) is 44.6 Å². The van der Waals surface area contributed by atoms with E-state index in [0.29, 0.717) is 26.1 Å². The molecule has 29 heavy (non-hydrogen) atoms. The topological polar surface area (TPSA) is 80.9 Å². The van der Waals surface area contributed by atoms with E-state index in [1.165, 1.54) is 4.90 Å². The molecule has 0 saturated carbocycles. The Kier molecular flexibility index (Phi) is 5.63. The van der Waals surface area contributed by atoms with E-state index in [2.05, 4.69) is 10.3 Å². The highest BCUT2D eigenvalue weighted by Gasteiger charge is 2.28. The van der Waals surface area contributed by atoms with Crippen LogP contribution in [0.25, 0.3) is 10.2 Å². The lowest BCUT2D eigenvalue weighted by Gasteiger charge is -2.31. The standard InChI is InChI=1S/C20H29N5O3S/c1-20(2,3)22-19(27)24-5-4-14-15(12-24)29-17-16(14)18(26)25(13-21-17)7-6-23-8-10-28-11-9-23/h13H,4-12H2,1-3H3,(H,22,27)/p+1. The summed E-state index contributed by atoms with van der Waals surface area (Å²) in [6, 6.07) is -0.0561. The number of fused-ring (bicyclic) bond motifs is 3. The minimum atomic E-state index is -0.269. The van der Waals surface area contributed by atoms with Crippen molar-refractivity contribution in [1.29, 1.82) is 0 Å². The Balaban J connectivity index is 1.52. The highest BCUT2D eigenvalue weighted by molar-refractivity contribution is 7.18. The van der Waals surface area contributed by atoms with E-state index in [1.54, 1.807) is 22.2 Å². The molecule has 158 valence electrons. The highest BCUT2D eigenvalue weighted by atomic mass is 32.1. The first kappa shape index (κ1) is 20.3. The molecule has 2 amide bonds. The number of thiophene rings is 1. The Morgan fingerprint density at radius 2 is 2.10 bits per heavy atom. The molecule has 9 heteroatoms. The van der Waals surface area contributed by atoms with E-state index in [-0.39, 0.29) is 17.1 Å². The molecular formula is C20H30N5O3S+. The van der Waals surface area contributed by atoms with Gasteiger partial charge in [-0.15, -0.1) is 11.3 Å². The second kappa shape index (κ2) is 8.04. The second-order valence-electron chi connectivity index (χ2n) is 8.89. The summed E-state index contributed by atoms with van der Waals surface area (Å²) in [5.41, 5.74) is 0.859. The molecule has 0 unspecified atom stereocenters. The molecular weight excluding hydrogens is 390 g/mol. The van der Waals surface area contributed by atoms with Crippen molar-refractivity contribution < 1.29 is 14.4 Å². The Morgan fingerprint density at radius 1 is 1.34 bits per heavy atom. The van der Waals surface area contributed by atoms with Crippen LogP contribution < -0.4 is 15.8 Å². The fraction of sp³-hybridized carbons (Fsp3) is 0.650. The number of hydrogen-bond donors (Lipinski definition) is 2. The summed E-state index contributed by atoms with van der Waals surface area (Å²) in [6.07, 6.45) is 2.37. The Hall–Kier alpha value is -1.97. The van der Waals surface area contributed by atoms with Crippen molar-refractivity contribution >= 4 is 27.6 Å². The number of morpholine rings is 1. The smallest absolute Gasteiger partial charge is 0.318 e. The Labute approximate surface area is 174 Å². The number of carbonyl (C=O) groups is 1. The van der Waals surface area contributed by atoms with Crippen LogP contribution in [0.3, 0.4) is 0 Å². The van der Waals surface area contributed by atoms with Gasteiger partial charge in [-0.05, 0) is 32.8 Å². The number of carbonyl (C=O) groups excluding carboxylic acids is 1. The summed E-state index contributed by atoms with van der Waals surface area (Å²) in [5, 5.41) is 3.77. The molecule has 0 bridgehead atoms. The van der Waals surface area contributed by atoms with E-state index < -0.39 is 0 Å². The summed E-state index contributed by atoms with van der Waals surface area (Å²) in [6.45, 7) is 12.2. The van der Waals surface area contributed by atoms with Gasteiger partial charge in [0.2, 0.25) is 0 Å². The average molecular weight is 421 g/mol. The number of amides is 2. The number of hydrogen-bond acceptors (Lipinski definition) is 5. The third-order valence-corrected chi connectivity index (χ3v) is 6.63. The summed E-state index contributed by atoms with van der Waals surface area (Å²) in [7, 11) is 0. The third kappa shape index (κ3) is 4.46. The number of urea groups is 1. The molecule has 0 radical (unpaired) electrons. The molecule has 4 rings (SSSR count). The molecule has 0 spiro atoms. The lowest BCUT2D eigenvalue weighted by atomic mass is 10.1. The monoisotopic (exact) mass is 420 g/mol. The minimum Gasteiger partial charge on any atom is -0.370 e. The SMILES string of the molecule is CC(C)(C)NC(=O)N1CCc2c(sc3ncn(CC[NH+]4CCOCC4)c(=O)c23)C1. The van der Waals surface area contributed by atoms with Gasteiger partial charge in [-0.25, -0.2) is 9.78 Å². The summed E-state index contributed by atoms with van der Waals surface area (Å²) in [4.78, 5) is 35.4. The zero-order valence-corrected chi connectivity index (χ0v) is 18.2. The molecule has 2 aromatic heterocycles. The van der Waals surface area contributed by atoms with Gasteiger partial charge in [0.25, 0.3) is 5.56 Å². The molecule has 0 aliphatic carbocycles. The molecule has 1 fully saturated rings. The van der Waals surface area contributed by atoms with Gasteiger partial charge in [-0.3, -0.25) is 9.36 Å². The van der Waals surface area contributed by atoms with Gasteiger partial charge in [-0.2, -0.15) is 0 Å². The van der Waals surface area contributed by atoms with Crippen LogP contribution in [-0.2, 0) is 24.2 Å². The maximum Gasteiger partial charge on any atom is 0.318 e. The number of aromatic nitrogens is 2. The van der Waals surface area contributed by atoms with Crippen LogP contribution in [0, 0.1) is 0 Å². The van der Waals surface area contributed by atoms with Crippen molar-refractivity contribution in [3.8, 4) is 0 Å². The number of nitrogens with one attached hydrogen (secondary N) is 2. The van der Waals surface area contributed by atoms with E-state index in [4.69, 9.17) is 4.74 Å². The van der Waals surface area contributed by atoms with Crippen molar-refractivity contribution in [1.82, 2.24) is 19.8 Å². The maximum absolute atomic E-state index is 13.1. The molecule has 0 aromatic carbocycles. The predicted molar refractivity (Wildman–Crippen MR) is 113 cm³/mol. The normalized spacial score (nSPS) is 18.1. The van der Waals surface area contributed by atoms with E-state index in [0.717, 1.165) is 53.5 Å². The van der Waals surface area contributed by atoms with Crippen LogP contribution in [-0.4, -0.2) is 65.4 Å². The quantitative estimate of drug-likeness (QED) is 0.746. The van der Waals surface area contributed by atoms with Gasteiger partial charge < -0.3 is 19.9 Å². The van der Waals surface area contributed by atoms with Crippen molar-refractivity contribution in [3.05, 3.63) is 27.1 Å². The second-order valence-corrected chi connectivity index (χ2v) is 9.97. The van der Waals surface area contributed by atoms with E-state index in [9.17, 15) is 9.59 Å². The minimum absolute atomic E-state index is 0.0488. The van der Waals surface area contributed by atoms with E-state index >= 15 is 0 Å². The number of nitrogens with zero attached hydrogens (tertiary/aromatic N) is 3. The maximum atomic E-state index is 13.1. The lowest BCUT2D eigenvalue weighted by Crippen LogP contribution is -3.14. The number of quaternary nitrogens is 1. The first-order valence-corrected chi connectivity index (χ1v) is 11.1. The largest absolute Gasteiger partial charge is 0.370 e. The molecule has 2 N–H and O–H groups in total. The van der Waals surface area contributed by atoms with Crippen LogP contribution in [0.5, 0.6) is 0 Å². The Bertz CT molecular complexity index is 955. The molecule has 2 aliphatic rings.